The average molecular weight is 441 g/mol. The van der Waals surface area contributed by atoms with Gasteiger partial charge in [0.25, 0.3) is 0 Å². The second kappa shape index (κ2) is 8.75. The Balaban J connectivity index is 2.53. The van der Waals surface area contributed by atoms with Crippen molar-refractivity contribution in [2.75, 3.05) is 13.7 Å². The Morgan fingerprint density at radius 3 is 2.42 bits per heavy atom. The molecular weight excluding hydrogens is 419 g/mol. The highest BCUT2D eigenvalue weighted by molar-refractivity contribution is 6.02. The van der Waals surface area contributed by atoms with E-state index in [1.807, 2.05) is 6.07 Å². The van der Waals surface area contributed by atoms with Gasteiger partial charge in [-0.1, -0.05) is 0 Å². The summed E-state index contributed by atoms with van der Waals surface area (Å²) in [5.74, 6) is -1.44. The first kappa shape index (κ1) is 23.9. The molecule has 1 amide bonds. The molecule has 0 fully saturated rings. The fraction of sp³-hybridized carbons (Fsp3) is 0.450. The number of hydrogen-bond donors (Lipinski definition) is 2. The van der Waals surface area contributed by atoms with Crippen LogP contribution in [0.2, 0.25) is 0 Å². The number of benzene rings is 1. The number of amides is 1. The van der Waals surface area contributed by atoms with Crippen molar-refractivity contribution in [2.24, 2.45) is 0 Å². The monoisotopic (exact) mass is 441 g/mol. The fourth-order valence-corrected chi connectivity index (χ4v) is 3.06. The number of carbonyl (C=O) groups is 2. The number of nitriles is 1. The van der Waals surface area contributed by atoms with Crippen LogP contribution in [0.15, 0.2) is 6.07 Å². The maximum atomic E-state index is 12.9. The first-order chi connectivity index (χ1) is 14.3. The standard InChI is InChI=1S/C20H22F3N3O5/c1-10-14-12(6-7-25-18(28)31-19(2,3)4)11(9-24)8-13(30-20(21,22)23)16(14)26-15(10)17(27)29-5/h8,26H,6-7H2,1-5H3,(H,25,28). The number of carbonyl (C=O) groups excluding carboxylic acids is 2. The maximum absolute atomic E-state index is 12.9. The van der Waals surface area contributed by atoms with E-state index in [0.717, 1.165) is 13.2 Å². The fourth-order valence-electron chi connectivity index (χ4n) is 3.06. The highest BCUT2D eigenvalue weighted by atomic mass is 19.4. The summed E-state index contributed by atoms with van der Waals surface area (Å²) < 4.78 is 52.6. The lowest BCUT2D eigenvalue weighted by atomic mass is 9.97. The predicted octanol–water partition coefficient (Wildman–Crippen LogP) is 4.10. The van der Waals surface area contributed by atoms with Crippen LogP contribution >= 0.6 is 0 Å². The van der Waals surface area contributed by atoms with Crippen LogP contribution in [-0.4, -0.2) is 42.7 Å². The molecule has 0 radical (unpaired) electrons. The van der Waals surface area contributed by atoms with Gasteiger partial charge in [-0.15, -0.1) is 13.2 Å². The Bertz CT molecular complexity index is 1050. The Morgan fingerprint density at radius 1 is 1.26 bits per heavy atom. The number of nitrogens with one attached hydrogen (secondary N) is 2. The quantitative estimate of drug-likeness (QED) is 0.676. The van der Waals surface area contributed by atoms with Crippen molar-refractivity contribution in [3.05, 3.63) is 28.5 Å². The highest BCUT2D eigenvalue weighted by Crippen LogP contribution is 2.37. The van der Waals surface area contributed by atoms with Gasteiger partial charge in [-0.05, 0) is 45.2 Å². The number of methoxy groups -OCH3 is 1. The topological polar surface area (TPSA) is 113 Å². The molecule has 1 aromatic heterocycles. The van der Waals surface area contributed by atoms with Crippen LogP contribution in [0.3, 0.4) is 0 Å². The molecule has 31 heavy (non-hydrogen) atoms. The molecule has 2 aromatic rings. The third-order valence-corrected chi connectivity index (χ3v) is 4.18. The van der Waals surface area contributed by atoms with E-state index in [4.69, 9.17) is 4.74 Å². The summed E-state index contributed by atoms with van der Waals surface area (Å²) in [6.07, 6.45) is -5.60. The molecule has 168 valence electrons. The largest absolute Gasteiger partial charge is 0.573 e. The number of aryl methyl sites for hydroxylation is 1. The lowest BCUT2D eigenvalue weighted by Gasteiger charge is -2.20. The van der Waals surface area contributed by atoms with Gasteiger partial charge in [0.2, 0.25) is 0 Å². The summed E-state index contributed by atoms with van der Waals surface area (Å²) in [7, 11) is 1.13. The first-order valence-corrected chi connectivity index (χ1v) is 9.16. The molecule has 0 saturated heterocycles. The molecule has 0 saturated carbocycles. The van der Waals surface area contributed by atoms with Gasteiger partial charge in [0.1, 0.15) is 11.3 Å². The summed E-state index contributed by atoms with van der Waals surface area (Å²) in [5.41, 5.74) is -0.345. The summed E-state index contributed by atoms with van der Waals surface area (Å²) in [6, 6.07) is 2.79. The summed E-state index contributed by atoms with van der Waals surface area (Å²) >= 11 is 0. The number of alkyl halides is 3. The number of aromatic nitrogens is 1. The molecule has 2 rings (SSSR count). The molecule has 0 aliphatic carbocycles. The molecular formula is C20H22F3N3O5. The number of aromatic amines is 1. The number of H-pyrrole nitrogens is 1. The predicted molar refractivity (Wildman–Crippen MR) is 104 cm³/mol. The minimum atomic E-state index is -5.01. The van der Waals surface area contributed by atoms with Gasteiger partial charge in [-0.25, -0.2) is 9.59 Å². The molecule has 0 bridgehead atoms. The van der Waals surface area contributed by atoms with Gasteiger partial charge in [-0.3, -0.25) is 0 Å². The Kier molecular flexibility index (Phi) is 6.73. The smallest absolute Gasteiger partial charge is 0.464 e. The van der Waals surface area contributed by atoms with Crippen molar-refractivity contribution in [3.63, 3.8) is 0 Å². The zero-order valence-electron chi connectivity index (χ0n) is 17.6. The minimum Gasteiger partial charge on any atom is -0.464 e. The van der Waals surface area contributed by atoms with Crippen LogP contribution in [0, 0.1) is 18.3 Å². The van der Waals surface area contributed by atoms with Gasteiger partial charge in [0.15, 0.2) is 5.75 Å². The van der Waals surface area contributed by atoms with Crippen molar-refractivity contribution < 1.29 is 37.0 Å². The third kappa shape index (κ3) is 5.81. The van der Waals surface area contributed by atoms with E-state index in [1.54, 1.807) is 20.8 Å². The second-order valence-electron chi connectivity index (χ2n) is 7.61. The van der Waals surface area contributed by atoms with Crippen molar-refractivity contribution in [3.8, 4) is 11.8 Å². The van der Waals surface area contributed by atoms with Crippen LogP contribution in [0.1, 0.15) is 48.0 Å². The van der Waals surface area contributed by atoms with E-state index in [1.165, 1.54) is 6.92 Å². The third-order valence-electron chi connectivity index (χ3n) is 4.18. The van der Waals surface area contributed by atoms with E-state index in [0.29, 0.717) is 11.1 Å². The van der Waals surface area contributed by atoms with E-state index < -0.39 is 29.8 Å². The Hall–Kier alpha value is -3.42. The number of alkyl carbamates (subject to hydrolysis) is 1. The number of nitrogens with zero attached hydrogens (tertiary/aromatic N) is 1. The SMILES string of the molecule is COC(=O)c1[nH]c2c(OC(F)(F)F)cc(C#N)c(CCNC(=O)OC(C)(C)C)c2c1C. The van der Waals surface area contributed by atoms with E-state index in [2.05, 4.69) is 19.8 Å². The van der Waals surface area contributed by atoms with Gasteiger partial charge in [0.05, 0.1) is 24.3 Å². The minimum absolute atomic E-state index is 0.0380. The Morgan fingerprint density at radius 2 is 1.90 bits per heavy atom. The van der Waals surface area contributed by atoms with Crippen LogP contribution in [0.4, 0.5) is 18.0 Å². The number of hydrogen-bond acceptors (Lipinski definition) is 6. The van der Waals surface area contributed by atoms with Gasteiger partial charge in [0, 0.05) is 18.0 Å². The molecule has 11 heteroatoms. The van der Waals surface area contributed by atoms with Crippen LogP contribution in [0.5, 0.6) is 5.75 Å². The van der Waals surface area contributed by atoms with Gasteiger partial charge in [-0.2, -0.15) is 5.26 Å². The molecule has 1 aromatic carbocycles. The summed E-state index contributed by atoms with van der Waals surface area (Å²) in [5, 5.41) is 12.3. The number of esters is 1. The van der Waals surface area contributed by atoms with Gasteiger partial charge < -0.3 is 24.5 Å². The zero-order valence-corrected chi connectivity index (χ0v) is 17.6. The number of rotatable bonds is 5. The lowest BCUT2D eigenvalue weighted by molar-refractivity contribution is -0.274. The van der Waals surface area contributed by atoms with Gasteiger partial charge >= 0.3 is 18.4 Å². The number of fused-ring (bicyclic) bond motifs is 1. The summed E-state index contributed by atoms with van der Waals surface area (Å²) in [6.45, 7) is 6.63. The molecule has 0 spiro atoms. The van der Waals surface area contributed by atoms with Crippen molar-refractivity contribution in [1.82, 2.24) is 10.3 Å². The molecule has 0 atom stereocenters. The molecule has 0 aliphatic rings. The lowest BCUT2D eigenvalue weighted by Crippen LogP contribution is -2.33. The van der Waals surface area contributed by atoms with Crippen molar-refractivity contribution >= 4 is 23.0 Å². The summed E-state index contributed by atoms with van der Waals surface area (Å²) in [4.78, 5) is 26.5. The number of halogens is 3. The zero-order chi connectivity index (χ0) is 23.6. The van der Waals surface area contributed by atoms with Crippen LogP contribution in [-0.2, 0) is 15.9 Å². The Labute approximate surface area is 176 Å². The molecule has 0 unspecified atom stereocenters. The molecule has 1 heterocycles. The first-order valence-electron chi connectivity index (χ1n) is 9.16. The molecule has 0 aliphatic heterocycles. The van der Waals surface area contributed by atoms with Crippen molar-refractivity contribution in [2.45, 2.75) is 46.1 Å². The van der Waals surface area contributed by atoms with E-state index in [9.17, 15) is 28.0 Å². The molecule has 8 nitrogen and oxygen atoms in total. The average Bonchev–Trinajstić information content (AvgIpc) is 2.97. The van der Waals surface area contributed by atoms with Crippen molar-refractivity contribution in [1.29, 1.82) is 5.26 Å². The van der Waals surface area contributed by atoms with E-state index in [-0.39, 0.29) is 35.1 Å². The second-order valence-corrected chi connectivity index (χ2v) is 7.61. The number of ether oxygens (including phenoxy) is 3. The highest BCUT2D eigenvalue weighted by Gasteiger charge is 2.34. The van der Waals surface area contributed by atoms with E-state index >= 15 is 0 Å². The molecule has 2 N–H and O–H groups in total. The van der Waals surface area contributed by atoms with Crippen LogP contribution in [0.25, 0.3) is 10.9 Å². The van der Waals surface area contributed by atoms with Crippen LogP contribution < -0.4 is 10.1 Å². The maximum Gasteiger partial charge on any atom is 0.573 e. The normalized spacial score (nSPS) is 11.7.